The summed E-state index contributed by atoms with van der Waals surface area (Å²) in [5.74, 6) is -2.12. The highest BCUT2D eigenvalue weighted by Gasteiger charge is 2.22. The molecule has 2 rings (SSSR count). The molecule has 1 aromatic heterocycles. The topological polar surface area (TPSA) is 88.2 Å². The molecule has 0 fully saturated rings. The summed E-state index contributed by atoms with van der Waals surface area (Å²) in [7, 11) is -3.46. The van der Waals surface area contributed by atoms with Gasteiger partial charge >= 0.3 is 0 Å². The highest BCUT2D eigenvalue weighted by molar-refractivity contribution is 7.88. The third-order valence-electron chi connectivity index (χ3n) is 3.30. The van der Waals surface area contributed by atoms with E-state index < -0.39 is 33.6 Å². The fourth-order valence-corrected chi connectivity index (χ4v) is 3.92. The number of nitrogens with one attached hydrogen (secondary N) is 2. The van der Waals surface area contributed by atoms with Gasteiger partial charge in [-0.1, -0.05) is 13.8 Å². The van der Waals surface area contributed by atoms with Gasteiger partial charge in [-0.15, -0.1) is 11.3 Å². The Labute approximate surface area is 154 Å². The van der Waals surface area contributed by atoms with Crippen LogP contribution in [0.3, 0.4) is 0 Å². The van der Waals surface area contributed by atoms with Crippen LogP contribution in [-0.2, 0) is 10.0 Å². The molecular formula is C16H19F2N3O3S2. The van der Waals surface area contributed by atoms with Crippen LogP contribution in [0.15, 0.2) is 23.6 Å². The number of hydrogen-bond acceptors (Lipinski definition) is 5. The van der Waals surface area contributed by atoms with Gasteiger partial charge in [0.05, 0.1) is 18.0 Å². The predicted octanol–water partition coefficient (Wildman–Crippen LogP) is 3.31. The number of amides is 1. The van der Waals surface area contributed by atoms with Crippen LogP contribution in [0.5, 0.6) is 0 Å². The second-order valence-corrected chi connectivity index (χ2v) is 8.89. The van der Waals surface area contributed by atoms with Crippen LogP contribution in [0.2, 0.25) is 0 Å². The second-order valence-electron chi connectivity index (χ2n) is 6.22. The number of rotatable bonds is 7. The lowest BCUT2D eigenvalue weighted by atomic mass is 10.1. The van der Waals surface area contributed by atoms with Gasteiger partial charge in [-0.2, -0.15) is 0 Å². The zero-order valence-corrected chi connectivity index (χ0v) is 16.0. The number of hydrogen-bond donors (Lipinski definition) is 2. The summed E-state index contributed by atoms with van der Waals surface area (Å²) in [5.41, 5.74) is -0.142. The summed E-state index contributed by atoms with van der Waals surface area (Å²) in [6, 6.07) is 2.25. The molecule has 1 aromatic carbocycles. The summed E-state index contributed by atoms with van der Waals surface area (Å²) in [6.07, 6.45) is 1.56. The zero-order chi connectivity index (χ0) is 19.5. The maximum Gasteiger partial charge on any atom is 0.275 e. The van der Waals surface area contributed by atoms with Crippen molar-refractivity contribution in [3.63, 3.8) is 0 Å². The van der Waals surface area contributed by atoms with E-state index in [0.29, 0.717) is 17.5 Å². The maximum atomic E-state index is 13.6. The molecule has 0 unspecified atom stereocenters. The summed E-state index contributed by atoms with van der Waals surface area (Å²) in [5, 5.41) is 4.22. The number of carbonyl (C=O) groups is 1. The lowest BCUT2D eigenvalue weighted by molar-refractivity contribution is 0.102. The minimum Gasteiger partial charge on any atom is -0.318 e. The van der Waals surface area contributed by atoms with E-state index in [1.807, 2.05) is 13.8 Å². The molecule has 2 aromatic rings. The number of benzene rings is 1. The molecule has 1 amide bonds. The number of carbonyl (C=O) groups excluding carboxylic acids is 1. The molecule has 0 saturated carbocycles. The highest BCUT2D eigenvalue weighted by Crippen LogP contribution is 2.26. The molecule has 0 aliphatic heterocycles. The summed E-state index contributed by atoms with van der Waals surface area (Å²) < 4.78 is 52.2. The number of anilines is 1. The van der Waals surface area contributed by atoms with Crippen molar-refractivity contribution in [1.29, 1.82) is 0 Å². The number of aromatic nitrogens is 1. The Morgan fingerprint density at radius 2 is 2.00 bits per heavy atom. The van der Waals surface area contributed by atoms with Crippen molar-refractivity contribution >= 4 is 33.0 Å². The van der Waals surface area contributed by atoms with E-state index in [2.05, 4.69) is 15.0 Å². The first-order valence-corrected chi connectivity index (χ1v) is 10.5. The van der Waals surface area contributed by atoms with Gasteiger partial charge in [0, 0.05) is 11.4 Å². The van der Waals surface area contributed by atoms with Crippen molar-refractivity contribution in [2.75, 3.05) is 11.6 Å². The van der Waals surface area contributed by atoms with Crippen molar-refractivity contribution in [3.05, 3.63) is 45.9 Å². The molecule has 0 bridgehead atoms. The molecule has 142 valence electrons. The van der Waals surface area contributed by atoms with E-state index in [4.69, 9.17) is 0 Å². The van der Waals surface area contributed by atoms with Gasteiger partial charge in [0.25, 0.3) is 5.91 Å². The van der Waals surface area contributed by atoms with Crippen LogP contribution in [0, 0.1) is 17.6 Å². The van der Waals surface area contributed by atoms with E-state index in [-0.39, 0.29) is 17.3 Å². The second kappa shape index (κ2) is 8.19. The lowest BCUT2D eigenvalue weighted by Crippen LogP contribution is -2.28. The van der Waals surface area contributed by atoms with Crippen LogP contribution < -0.4 is 10.0 Å². The standard InChI is InChI=1S/C16H19F2N3O3S2/c1-9(2)6-13(21-26(3,23)24)16-20-14(8-25-16)15(22)19-12-5-4-10(17)7-11(12)18/h4-5,7-9,13,21H,6H2,1-3H3,(H,19,22)/t13-/m0/s1. The minimum absolute atomic E-state index is 0.0257. The van der Waals surface area contributed by atoms with Crippen LogP contribution in [-0.4, -0.2) is 25.6 Å². The van der Waals surface area contributed by atoms with Gasteiger partial charge in [0.1, 0.15) is 22.3 Å². The van der Waals surface area contributed by atoms with E-state index in [1.54, 1.807) is 0 Å². The Morgan fingerprint density at radius 3 is 2.58 bits per heavy atom. The first-order valence-electron chi connectivity index (χ1n) is 7.74. The predicted molar refractivity (Wildman–Crippen MR) is 96.6 cm³/mol. The SMILES string of the molecule is CC(C)C[C@H](NS(C)(=O)=O)c1nc(C(=O)Nc2ccc(F)cc2F)cs1. The van der Waals surface area contributed by atoms with Crippen molar-refractivity contribution in [1.82, 2.24) is 9.71 Å². The molecule has 10 heteroatoms. The van der Waals surface area contributed by atoms with Crippen molar-refractivity contribution < 1.29 is 22.0 Å². The van der Waals surface area contributed by atoms with Crippen LogP contribution in [0.25, 0.3) is 0 Å². The van der Waals surface area contributed by atoms with Gasteiger partial charge in [-0.05, 0) is 24.5 Å². The van der Waals surface area contributed by atoms with Crippen molar-refractivity contribution in [2.45, 2.75) is 26.3 Å². The average Bonchev–Trinajstić information content (AvgIpc) is 2.97. The molecule has 0 radical (unpaired) electrons. The van der Waals surface area contributed by atoms with Crippen molar-refractivity contribution in [2.24, 2.45) is 5.92 Å². The van der Waals surface area contributed by atoms with Crippen LogP contribution >= 0.6 is 11.3 Å². The third kappa shape index (κ3) is 5.82. The molecular weight excluding hydrogens is 384 g/mol. The number of nitrogens with zero attached hydrogens (tertiary/aromatic N) is 1. The number of thiazole rings is 1. The monoisotopic (exact) mass is 403 g/mol. The summed E-state index contributed by atoms with van der Waals surface area (Å²) in [4.78, 5) is 16.4. The first kappa shape index (κ1) is 20.4. The fraction of sp³-hybridized carbons (Fsp3) is 0.375. The van der Waals surface area contributed by atoms with E-state index in [1.165, 1.54) is 5.38 Å². The zero-order valence-electron chi connectivity index (χ0n) is 14.4. The largest absolute Gasteiger partial charge is 0.318 e. The normalized spacial score (nSPS) is 13.0. The van der Waals surface area contributed by atoms with Crippen LogP contribution in [0.1, 0.15) is 41.8 Å². The molecule has 1 atom stereocenters. The maximum absolute atomic E-state index is 13.6. The fourth-order valence-electron chi connectivity index (χ4n) is 2.26. The molecule has 2 N–H and O–H groups in total. The highest BCUT2D eigenvalue weighted by atomic mass is 32.2. The molecule has 6 nitrogen and oxygen atoms in total. The third-order valence-corrected chi connectivity index (χ3v) is 4.97. The summed E-state index contributed by atoms with van der Waals surface area (Å²) >= 11 is 1.13. The molecule has 0 saturated heterocycles. The van der Waals surface area contributed by atoms with Gasteiger partial charge in [0.2, 0.25) is 10.0 Å². The Morgan fingerprint density at radius 1 is 1.31 bits per heavy atom. The van der Waals surface area contributed by atoms with E-state index in [0.717, 1.165) is 29.7 Å². The van der Waals surface area contributed by atoms with Gasteiger partial charge in [-0.25, -0.2) is 26.9 Å². The Kier molecular flexibility index (Phi) is 6.43. The van der Waals surface area contributed by atoms with Gasteiger partial charge in [0.15, 0.2) is 0 Å². The average molecular weight is 403 g/mol. The smallest absolute Gasteiger partial charge is 0.275 e. The van der Waals surface area contributed by atoms with Gasteiger partial charge < -0.3 is 5.32 Å². The Hall–Kier alpha value is -1.91. The number of sulfonamides is 1. The van der Waals surface area contributed by atoms with Crippen molar-refractivity contribution in [3.8, 4) is 0 Å². The molecule has 1 heterocycles. The summed E-state index contributed by atoms with van der Waals surface area (Å²) in [6.45, 7) is 3.88. The Bertz CT molecular complexity index is 898. The van der Waals surface area contributed by atoms with E-state index >= 15 is 0 Å². The van der Waals surface area contributed by atoms with Crippen LogP contribution in [0.4, 0.5) is 14.5 Å². The molecule has 0 aliphatic rings. The molecule has 26 heavy (non-hydrogen) atoms. The quantitative estimate of drug-likeness (QED) is 0.742. The molecule has 0 spiro atoms. The van der Waals surface area contributed by atoms with Gasteiger partial charge in [-0.3, -0.25) is 4.79 Å². The molecule has 0 aliphatic carbocycles. The first-order chi connectivity index (χ1) is 12.0. The minimum atomic E-state index is -3.46. The lowest BCUT2D eigenvalue weighted by Gasteiger charge is -2.17. The Balaban J connectivity index is 2.19. The van der Waals surface area contributed by atoms with E-state index in [9.17, 15) is 22.0 Å². The number of halogens is 2.